The predicted molar refractivity (Wildman–Crippen MR) is 24.9 cm³/mol. The van der Waals surface area contributed by atoms with Crippen LogP contribution >= 0.6 is 0 Å². The molecule has 0 aromatic heterocycles. The second-order valence-corrected chi connectivity index (χ2v) is 2.54. The number of hydrogen-bond donors (Lipinski definition) is 1. The fourth-order valence-corrected chi connectivity index (χ4v) is 0. The SMILES string of the molecule is NS(=O)(=O)C(F)(F)F.[Rb]. The van der Waals surface area contributed by atoms with E-state index in [4.69, 9.17) is 0 Å². The van der Waals surface area contributed by atoms with E-state index in [9.17, 15) is 21.6 Å². The quantitative estimate of drug-likeness (QED) is 0.609. The molecule has 0 fully saturated rings. The molecule has 9 heavy (non-hydrogen) atoms. The van der Waals surface area contributed by atoms with Gasteiger partial charge in [0.2, 0.25) is 0 Å². The Bertz CT molecular complexity index is 171. The van der Waals surface area contributed by atoms with Crippen molar-refractivity contribution in [3.05, 3.63) is 0 Å². The summed E-state index contributed by atoms with van der Waals surface area (Å²) in [6.07, 6.45) is 0. The van der Waals surface area contributed by atoms with Gasteiger partial charge in [-0.2, -0.15) is 13.2 Å². The molecule has 0 aromatic rings. The molecule has 0 unspecified atom stereocenters. The average molecular weight is 235 g/mol. The normalized spacial score (nSPS) is 12.4. The standard InChI is InChI=1S/CH2F3NO2S.Rb/c2-1(3,4)8(5,6)7;/h(H2,5,6,7);. The molecule has 1 radical (unpaired) electrons. The van der Waals surface area contributed by atoms with Crippen LogP contribution < -0.4 is 5.14 Å². The summed E-state index contributed by atoms with van der Waals surface area (Å²) in [6.45, 7) is 0. The minimum Gasteiger partial charge on any atom is -0.221 e. The Labute approximate surface area is 98.6 Å². The third-order valence-corrected chi connectivity index (χ3v) is 0.968. The van der Waals surface area contributed by atoms with Gasteiger partial charge in [0.05, 0.1) is 0 Å². The van der Waals surface area contributed by atoms with E-state index in [1.165, 1.54) is 0 Å². The summed E-state index contributed by atoms with van der Waals surface area (Å²) < 4.78 is 51.2. The number of primary sulfonamides is 1. The van der Waals surface area contributed by atoms with E-state index in [1.807, 2.05) is 0 Å². The van der Waals surface area contributed by atoms with Gasteiger partial charge < -0.3 is 0 Å². The molecule has 0 saturated carbocycles. The van der Waals surface area contributed by atoms with Crippen molar-refractivity contribution in [1.29, 1.82) is 0 Å². The molecular formula is CH2F3NO2RbS. The molecule has 0 heterocycles. The Morgan fingerprint density at radius 3 is 1.33 bits per heavy atom. The Hall–Kier alpha value is 1.51. The Morgan fingerprint density at radius 2 is 1.33 bits per heavy atom. The van der Waals surface area contributed by atoms with Gasteiger partial charge in [-0.1, -0.05) is 0 Å². The molecule has 0 rings (SSSR count). The summed E-state index contributed by atoms with van der Waals surface area (Å²) >= 11 is 0. The average Bonchev–Trinajstić information content (AvgIpc) is 1.25. The number of halogens is 3. The molecule has 0 aliphatic heterocycles. The van der Waals surface area contributed by atoms with Gasteiger partial charge in [0.15, 0.2) is 0 Å². The third-order valence-electron chi connectivity index (χ3n) is 0.323. The summed E-state index contributed by atoms with van der Waals surface area (Å²) in [7, 11) is -5.34. The summed E-state index contributed by atoms with van der Waals surface area (Å²) in [6, 6.07) is 0. The van der Waals surface area contributed by atoms with Crippen molar-refractivity contribution in [2.24, 2.45) is 5.14 Å². The minimum absolute atomic E-state index is 0. The summed E-state index contributed by atoms with van der Waals surface area (Å²) in [5.74, 6) is 0. The van der Waals surface area contributed by atoms with Crippen LogP contribution in [0.5, 0.6) is 0 Å². The second-order valence-electron chi connectivity index (χ2n) is 0.991. The Morgan fingerprint density at radius 1 is 1.22 bits per heavy atom. The fraction of sp³-hybridized carbons (Fsp3) is 1.00. The van der Waals surface area contributed by atoms with E-state index in [0.717, 1.165) is 0 Å². The van der Waals surface area contributed by atoms with Crippen LogP contribution in [0.1, 0.15) is 0 Å². The topological polar surface area (TPSA) is 60.2 Å². The van der Waals surface area contributed by atoms with E-state index in [0.29, 0.717) is 0 Å². The first-order valence-electron chi connectivity index (χ1n) is 1.34. The number of nitrogens with two attached hydrogens (primary N) is 1. The van der Waals surface area contributed by atoms with Gasteiger partial charge in [-0.25, -0.2) is 13.6 Å². The van der Waals surface area contributed by atoms with Crippen LogP contribution in [0, 0.1) is 0 Å². The molecule has 0 spiro atoms. The molecule has 0 aliphatic carbocycles. The first-order chi connectivity index (χ1) is 3.25. The molecule has 0 aliphatic rings. The van der Waals surface area contributed by atoms with E-state index < -0.39 is 15.5 Å². The maximum absolute atomic E-state index is 10.8. The molecule has 0 bridgehead atoms. The Kier molecular flexibility index (Phi) is 5.50. The van der Waals surface area contributed by atoms with Crippen LogP contribution in [0.3, 0.4) is 0 Å². The third kappa shape index (κ3) is 4.85. The molecule has 0 atom stereocenters. The van der Waals surface area contributed by atoms with Crippen LogP contribution in [0.25, 0.3) is 0 Å². The smallest absolute Gasteiger partial charge is 0.221 e. The predicted octanol–water partition coefficient (Wildman–Crippen LogP) is -0.586. The number of hydrogen-bond acceptors (Lipinski definition) is 2. The largest absolute Gasteiger partial charge is 0.511 e. The Balaban J connectivity index is 0. The maximum Gasteiger partial charge on any atom is 0.511 e. The zero-order chi connectivity index (χ0) is 7.00. The van der Waals surface area contributed by atoms with Crippen molar-refractivity contribution in [2.75, 3.05) is 0 Å². The van der Waals surface area contributed by atoms with Crippen LogP contribution in [-0.2, 0) is 10.0 Å². The summed E-state index contributed by atoms with van der Waals surface area (Å²) in [4.78, 5) is 0. The summed E-state index contributed by atoms with van der Waals surface area (Å²) in [5.41, 5.74) is -5.31. The maximum atomic E-state index is 10.8. The van der Waals surface area contributed by atoms with Crippen molar-refractivity contribution in [3.8, 4) is 0 Å². The molecule has 2 N–H and O–H groups in total. The van der Waals surface area contributed by atoms with Gasteiger partial charge in [-0.15, -0.1) is 0 Å². The first kappa shape index (κ1) is 13.1. The van der Waals surface area contributed by atoms with Crippen molar-refractivity contribution in [1.82, 2.24) is 0 Å². The van der Waals surface area contributed by atoms with Crippen molar-refractivity contribution < 1.29 is 21.6 Å². The number of rotatable bonds is 0. The van der Waals surface area contributed by atoms with E-state index in [2.05, 4.69) is 5.14 Å². The van der Waals surface area contributed by atoms with E-state index in [1.54, 1.807) is 0 Å². The summed E-state index contributed by atoms with van der Waals surface area (Å²) in [5, 5.41) is 3.66. The van der Waals surface area contributed by atoms with Crippen LogP contribution in [0.4, 0.5) is 13.2 Å². The number of sulfonamides is 1. The van der Waals surface area contributed by atoms with Gasteiger partial charge in [0.1, 0.15) is 0 Å². The monoisotopic (exact) mass is 234 g/mol. The number of alkyl halides is 3. The van der Waals surface area contributed by atoms with Gasteiger partial charge in [0.25, 0.3) is 0 Å². The molecule has 0 saturated heterocycles. The van der Waals surface area contributed by atoms with Gasteiger partial charge >= 0.3 is 15.5 Å². The van der Waals surface area contributed by atoms with E-state index in [-0.39, 0.29) is 58.2 Å². The van der Waals surface area contributed by atoms with Crippen molar-refractivity contribution >= 4 is 68.2 Å². The zero-order valence-corrected chi connectivity index (χ0v) is 10.2. The molecular weight excluding hydrogens is 233 g/mol. The van der Waals surface area contributed by atoms with Crippen LogP contribution in [0.2, 0.25) is 0 Å². The second kappa shape index (κ2) is 3.77. The van der Waals surface area contributed by atoms with E-state index >= 15 is 0 Å². The van der Waals surface area contributed by atoms with Gasteiger partial charge in [-0.3, -0.25) is 0 Å². The molecule has 3 nitrogen and oxygen atoms in total. The minimum atomic E-state index is -5.34. The molecule has 51 valence electrons. The molecule has 8 heteroatoms. The fourth-order valence-electron chi connectivity index (χ4n) is 0. The van der Waals surface area contributed by atoms with Crippen LogP contribution in [-0.4, -0.2) is 72.1 Å². The zero-order valence-electron chi connectivity index (χ0n) is 4.44. The van der Waals surface area contributed by atoms with Gasteiger partial charge in [-0.05, 0) is 0 Å². The van der Waals surface area contributed by atoms with Crippen LogP contribution in [0.15, 0.2) is 0 Å². The van der Waals surface area contributed by atoms with Gasteiger partial charge in [0, 0.05) is 58.2 Å². The first-order valence-corrected chi connectivity index (χ1v) is 2.89. The molecule has 0 aromatic carbocycles. The molecule has 0 amide bonds. The van der Waals surface area contributed by atoms with Crippen molar-refractivity contribution in [2.45, 2.75) is 5.51 Å². The van der Waals surface area contributed by atoms with Crippen molar-refractivity contribution in [3.63, 3.8) is 0 Å².